The van der Waals surface area contributed by atoms with E-state index in [1.165, 1.54) is 6.33 Å². The van der Waals surface area contributed by atoms with Crippen molar-refractivity contribution in [3.05, 3.63) is 24.2 Å². The van der Waals surface area contributed by atoms with Crippen molar-refractivity contribution in [2.45, 2.75) is 6.54 Å². The molecule has 0 spiro atoms. The summed E-state index contributed by atoms with van der Waals surface area (Å²) in [5, 5.41) is 10.4. The highest BCUT2D eigenvalue weighted by Gasteiger charge is 2.05. The highest BCUT2D eigenvalue weighted by atomic mass is 16.5. The zero-order chi connectivity index (χ0) is 13.0. The number of aryl methyl sites for hydroxylation is 1. The van der Waals surface area contributed by atoms with E-state index in [0.29, 0.717) is 6.54 Å². The molecule has 0 atom stereocenters. The molecule has 2 aromatic heterocycles. The minimum Gasteiger partial charge on any atom is -0.481 e. The van der Waals surface area contributed by atoms with Gasteiger partial charge in [0, 0.05) is 26.2 Å². The van der Waals surface area contributed by atoms with Gasteiger partial charge in [0.2, 0.25) is 5.88 Å². The van der Waals surface area contributed by atoms with Gasteiger partial charge in [-0.1, -0.05) is 0 Å². The topological polar surface area (TPSA) is 76.9 Å². The normalized spacial score (nSPS) is 10.2. The zero-order valence-corrected chi connectivity index (χ0v) is 10.6. The van der Waals surface area contributed by atoms with Crippen LogP contribution in [0.5, 0.6) is 5.88 Å². The molecule has 0 amide bonds. The predicted molar refractivity (Wildman–Crippen MR) is 68.7 cm³/mol. The van der Waals surface area contributed by atoms with Crippen LogP contribution in [0.3, 0.4) is 0 Å². The Morgan fingerprint density at radius 1 is 1.28 bits per heavy atom. The summed E-state index contributed by atoms with van der Waals surface area (Å²) >= 11 is 0. The molecule has 0 aromatic carbocycles. The van der Waals surface area contributed by atoms with Crippen LogP contribution in [0.2, 0.25) is 0 Å². The molecule has 18 heavy (non-hydrogen) atoms. The minimum absolute atomic E-state index is 0.581. The smallest absolute Gasteiger partial charge is 0.211 e. The van der Waals surface area contributed by atoms with Crippen molar-refractivity contribution in [2.24, 2.45) is 7.05 Å². The van der Waals surface area contributed by atoms with E-state index in [0.717, 1.165) is 23.2 Å². The molecule has 2 heterocycles. The van der Waals surface area contributed by atoms with Gasteiger partial charge in [-0.3, -0.25) is 0 Å². The molecule has 96 valence electrons. The third-order valence-electron chi connectivity index (χ3n) is 2.47. The highest BCUT2D eigenvalue weighted by molar-refractivity contribution is 5.46. The number of aromatic nitrogens is 4. The summed E-state index contributed by atoms with van der Waals surface area (Å²) in [7, 11) is 5.28. The summed E-state index contributed by atoms with van der Waals surface area (Å²) in [6.45, 7) is 0.581. The molecule has 0 saturated carbocycles. The lowest BCUT2D eigenvalue weighted by atomic mass is 10.4. The van der Waals surface area contributed by atoms with Crippen molar-refractivity contribution in [2.75, 3.05) is 24.8 Å². The fourth-order valence-corrected chi connectivity index (χ4v) is 1.56. The molecule has 0 fully saturated rings. The van der Waals surface area contributed by atoms with Crippen molar-refractivity contribution >= 4 is 11.6 Å². The number of methoxy groups -OCH3 is 1. The third kappa shape index (κ3) is 2.68. The van der Waals surface area contributed by atoms with Crippen molar-refractivity contribution < 1.29 is 4.74 Å². The van der Waals surface area contributed by atoms with Crippen LogP contribution in [0.4, 0.5) is 11.6 Å². The van der Waals surface area contributed by atoms with Gasteiger partial charge in [0.25, 0.3) is 0 Å². The minimum atomic E-state index is 0.581. The summed E-state index contributed by atoms with van der Waals surface area (Å²) in [6, 6.07) is 3.72. The molecule has 2 rings (SSSR count). The second kappa shape index (κ2) is 5.35. The monoisotopic (exact) mass is 248 g/mol. The van der Waals surface area contributed by atoms with E-state index in [-0.39, 0.29) is 0 Å². The number of hydrogen-bond donors (Lipinski definition) is 2. The lowest BCUT2D eigenvalue weighted by Gasteiger charge is -2.04. The Morgan fingerprint density at radius 3 is 2.72 bits per heavy atom. The molecule has 0 unspecified atom stereocenters. The van der Waals surface area contributed by atoms with E-state index in [1.807, 2.05) is 26.2 Å². The summed E-state index contributed by atoms with van der Waals surface area (Å²) in [4.78, 5) is 8.17. The number of hydrogen-bond acceptors (Lipinski definition) is 6. The maximum atomic E-state index is 5.15. The van der Waals surface area contributed by atoms with E-state index in [1.54, 1.807) is 11.8 Å². The van der Waals surface area contributed by atoms with Gasteiger partial charge < -0.3 is 15.4 Å². The van der Waals surface area contributed by atoms with Gasteiger partial charge in [0.05, 0.1) is 19.3 Å². The lowest BCUT2D eigenvalue weighted by Crippen LogP contribution is -2.04. The molecule has 2 aromatic rings. The Kier molecular flexibility index (Phi) is 3.61. The first-order valence-corrected chi connectivity index (χ1v) is 5.53. The molecule has 7 nitrogen and oxygen atoms in total. The standard InChI is InChI=1S/C11H16N6O/c1-12-9-5-10(15-7-14-9)13-6-8-4-11(18-3)17(2)16-8/h4-5,7H,6H2,1-3H3,(H2,12,13,14,15). The average Bonchev–Trinajstić information content (AvgIpc) is 2.77. The summed E-state index contributed by atoms with van der Waals surface area (Å²) in [5.74, 6) is 2.25. The average molecular weight is 248 g/mol. The van der Waals surface area contributed by atoms with Gasteiger partial charge >= 0.3 is 0 Å². The Morgan fingerprint density at radius 2 is 2.06 bits per heavy atom. The number of ether oxygens (including phenoxy) is 1. The molecule has 0 bridgehead atoms. The second-order valence-electron chi connectivity index (χ2n) is 3.69. The maximum Gasteiger partial charge on any atom is 0.211 e. The van der Waals surface area contributed by atoms with E-state index in [4.69, 9.17) is 4.74 Å². The van der Waals surface area contributed by atoms with Crippen LogP contribution < -0.4 is 15.4 Å². The molecule has 0 aliphatic heterocycles. The Labute approximate surface area is 105 Å². The molecule has 0 aliphatic carbocycles. The van der Waals surface area contributed by atoms with Crippen LogP contribution >= 0.6 is 0 Å². The molecule has 0 radical (unpaired) electrons. The largest absolute Gasteiger partial charge is 0.481 e. The van der Waals surface area contributed by atoms with Crippen LogP contribution in [0.1, 0.15) is 5.69 Å². The fraction of sp³-hybridized carbons (Fsp3) is 0.364. The highest BCUT2D eigenvalue weighted by Crippen LogP contribution is 2.13. The second-order valence-corrected chi connectivity index (χ2v) is 3.69. The van der Waals surface area contributed by atoms with Gasteiger partial charge in [0.1, 0.15) is 18.0 Å². The van der Waals surface area contributed by atoms with Crippen molar-refractivity contribution in [1.29, 1.82) is 0 Å². The van der Waals surface area contributed by atoms with E-state index < -0.39 is 0 Å². The van der Waals surface area contributed by atoms with Crippen molar-refractivity contribution in [3.8, 4) is 5.88 Å². The van der Waals surface area contributed by atoms with Crippen LogP contribution in [-0.2, 0) is 13.6 Å². The molecular formula is C11H16N6O. The van der Waals surface area contributed by atoms with Crippen LogP contribution in [0, 0.1) is 0 Å². The number of anilines is 2. The van der Waals surface area contributed by atoms with Gasteiger partial charge in [0.15, 0.2) is 0 Å². The summed E-state index contributed by atoms with van der Waals surface area (Å²) in [6.07, 6.45) is 1.51. The molecule has 7 heteroatoms. The van der Waals surface area contributed by atoms with Crippen LogP contribution in [0.15, 0.2) is 18.5 Å². The van der Waals surface area contributed by atoms with Gasteiger partial charge in [-0.25, -0.2) is 14.6 Å². The van der Waals surface area contributed by atoms with E-state index in [2.05, 4.69) is 25.7 Å². The fourth-order valence-electron chi connectivity index (χ4n) is 1.56. The predicted octanol–water partition coefficient (Wildman–Crippen LogP) is 0.872. The third-order valence-corrected chi connectivity index (χ3v) is 2.47. The van der Waals surface area contributed by atoms with Gasteiger partial charge in [-0.05, 0) is 0 Å². The quantitative estimate of drug-likeness (QED) is 0.817. The van der Waals surface area contributed by atoms with E-state index in [9.17, 15) is 0 Å². The Balaban J connectivity index is 2.01. The number of nitrogens with zero attached hydrogens (tertiary/aromatic N) is 4. The SMILES string of the molecule is CNc1cc(NCc2cc(OC)n(C)n2)ncn1. The van der Waals surface area contributed by atoms with Crippen LogP contribution in [0.25, 0.3) is 0 Å². The van der Waals surface area contributed by atoms with Crippen molar-refractivity contribution in [3.63, 3.8) is 0 Å². The van der Waals surface area contributed by atoms with Gasteiger partial charge in [-0.2, -0.15) is 5.10 Å². The molecular weight excluding hydrogens is 232 g/mol. The summed E-state index contributed by atoms with van der Waals surface area (Å²) < 4.78 is 6.84. The first-order chi connectivity index (χ1) is 8.72. The first kappa shape index (κ1) is 12.2. The molecule has 2 N–H and O–H groups in total. The maximum absolute atomic E-state index is 5.15. The lowest BCUT2D eigenvalue weighted by molar-refractivity contribution is 0.373. The van der Waals surface area contributed by atoms with Crippen LogP contribution in [-0.4, -0.2) is 33.9 Å². The summed E-state index contributed by atoms with van der Waals surface area (Å²) in [5.41, 5.74) is 0.888. The molecule has 0 saturated heterocycles. The number of rotatable bonds is 5. The number of nitrogens with one attached hydrogen (secondary N) is 2. The van der Waals surface area contributed by atoms with Gasteiger partial charge in [-0.15, -0.1) is 0 Å². The molecule has 0 aliphatic rings. The zero-order valence-electron chi connectivity index (χ0n) is 10.6. The first-order valence-electron chi connectivity index (χ1n) is 5.53. The Bertz CT molecular complexity index is 524. The Hall–Kier alpha value is -2.31. The van der Waals surface area contributed by atoms with Crippen molar-refractivity contribution in [1.82, 2.24) is 19.7 Å². The van der Waals surface area contributed by atoms with E-state index >= 15 is 0 Å².